The molecule has 0 aliphatic rings. The number of nitrogen functional groups attached to an aromatic ring is 1. The van der Waals surface area contributed by atoms with Crippen molar-refractivity contribution in [3.8, 4) is 11.5 Å². The molecule has 6 heteroatoms. The lowest BCUT2D eigenvalue weighted by Gasteiger charge is -2.16. The largest absolute Gasteiger partial charge is 0.493 e. The predicted octanol–water partition coefficient (Wildman–Crippen LogP) is 2.96. The molecule has 1 aromatic carbocycles. The Morgan fingerprint density at radius 1 is 1.30 bits per heavy atom. The van der Waals surface area contributed by atoms with Gasteiger partial charge in [-0.3, -0.25) is 0 Å². The second-order valence-electron chi connectivity index (χ2n) is 4.45. The Labute approximate surface area is 122 Å². The molecule has 1 aromatic heterocycles. The van der Waals surface area contributed by atoms with Crippen LogP contribution in [0.4, 0.5) is 11.4 Å². The van der Waals surface area contributed by atoms with E-state index >= 15 is 0 Å². The Hall–Kier alpha value is -1.95. The molecule has 0 saturated heterocycles. The zero-order valence-electron chi connectivity index (χ0n) is 11.8. The van der Waals surface area contributed by atoms with Gasteiger partial charge in [-0.15, -0.1) is 11.3 Å². The molecule has 2 aromatic rings. The van der Waals surface area contributed by atoms with Gasteiger partial charge in [0.05, 0.1) is 30.6 Å². The average molecular weight is 293 g/mol. The summed E-state index contributed by atoms with van der Waals surface area (Å²) in [4.78, 5) is 4.31. The third-order valence-corrected chi connectivity index (χ3v) is 4.03. The number of hydrogen-bond acceptors (Lipinski definition) is 6. The van der Waals surface area contributed by atoms with Crippen LogP contribution in [0.1, 0.15) is 17.8 Å². The molecule has 1 atom stereocenters. The van der Waals surface area contributed by atoms with Crippen molar-refractivity contribution in [2.75, 3.05) is 31.8 Å². The molecule has 1 heterocycles. The molecule has 0 aliphatic heterocycles. The summed E-state index contributed by atoms with van der Waals surface area (Å²) in [6, 6.07) is 3.61. The number of thiazole rings is 1. The van der Waals surface area contributed by atoms with E-state index in [2.05, 4.69) is 17.2 Å². The number of hydrogen-bond donors (Lipinski definition) is 2. The maximum atomic E-state index is 6.01. The molecule has 0 fully saturated rings. The minimum atomic E-state index is 0.322. The molecule has 0 spiro atoms. The van der Waals surface area contributed by atoms with Crippen molar-refractivity contribution < 1.29 is 9.47 Å². The number of ether oxygens (including phenoxy) is 2. The van der Waals surface area contributed by atoms with Crippen molar-refractivity contribution in [2.45, 2.75) is 12.8 Å². The van der Waals surface area contributed by atoms with Crippen LogP contribution in [0.2, 0.25) is 0 Å². The Morgan fingerprint density at radius 2 is 2.00 bits per heavy atom. The first-order valence-electron chi connectivity index (χ1n) is 6.30. The molecule has 3 N–H and O–H groups in total. The van der Waals surface area contributed by atoms with Crippen molar-refractivity contribution in [3.63, 3.8) is 0 Å². The van der Waals surface area contributed by atoms with Gasteiger partial charge < -0.3 is 20.5 Å². The second kappa shape index (κ2) is 6.47. The number of rotatable bonds is 6. The molecule has 5 nitrogen and oxygen atoms in total. The Bertz CT molecular complexity index is 558. The molecule has 0 radical (unpaired) electrons. The smallest absolute Gasteiger partial charge is 0.162 e. The van der Waals surface area contributed by atoms with Crippen molar-refractivity contribution in [2.24, 2.45) is 0 Å². The highest BCUT2D eigenvalue weighted by atomic mass is 32.1. The molecular formula is C14H19N3O2S. The molecule has 0 amide bonds. The fourth-order valence-electron chi connectivity index (χ4n) is 1.88. The van der Waals surface area contributed by atoms with Gasteiger partial charge >= 0.3 is 0 Å². The monoisotopic (exact) mass is 293 g/mol. The lowest BCUT2D eigenvalue weighted by atomic mass is 10.1. The summed E-state index contributed by atoms with van der Waals surface area (Å²) in [5.74, 6) is 1.61. The molecule has 0 aliphatic carbocycles. The van der Waals surface area contributed by atoms with E-state index in [4.69, 9.17) is 15.2 Å². The number of nitrogens with two attached hydrogens (primary N) is 1. The van der Waals surface area contributed by atoms with Crippen LogP contribution in [0.5, 0.6) is 11.5 Å². The topological polar surface area (TPSA) is 69.4 Å². The summed E-state index contributed by atoms with van der Waals surface area (Å²) in [5.41, 5.74) is 7.49. The molecule has 1 unspecified atom stereocenters. The SMILES string of the molecule is COc1cc(N)c(NCC(C)c2nccs2)cc1OC. The van der Waals surface area contributed by atoms with Gasteiger partial charge in [0.15, 0.2) is 11.5 Å². The number of aromatic nitrogens is 1. The molecular weight excluding hydrogens is 274 g/mol. The molecule has 0 saturated carbocycles. The van der Waals surface area contributed by atoms with Crippen LogP contribution in [0, 0.1) is 0 Å². The summed E-state index contributed by atoms with van der Waals surface area (Å²) in [6.07, 6.45) is 1.82. The van der Waals surface area contributed by atoms with Gasteiger partial charge in [-0.1, -0.05) is 6.92 Å². The summed E-state index contributed by atoms with van der Waals surface area (Å²) >= 11 is 1.66. The van der Waals surface area contributed by atoms with Crippen LogP contribution in [0.15, 0.2) is 23.7 Å². The van der Waals surface area contributed by atoms with Crippen LogP contribution in [0.3, 0.4) is 0 Å². The van der Waals surface area contributed by atoms with E-state index in [1.165, 1.54) is 0 Å². The van der Waals surface area contributed by atoms with E-state index in [9.17, 15) is 0 Å². The van der Waals surface area contributed by atoms with Gasteiger partial charge in [0.1, 0.15) is 0 Å². The zero-order valence-corrected chi connectivity index (χ0v) is 12.7. The van der Waals surface area contributed by atoms with E-state index < -0.39 is 0 Å². The summed E-state index contributed by atoms with van der Waals surface area (Å²) in [5, 5.41) is 6.42. The van der Waals surface area contributed by atoms with Gasteiger partial charge in [-0.25, -0.2) is 4.98 Å². The second-order valence-corrected chi connectivity index (χ2v) is 5.37. The quantitative estimate of drug-likeness (QED) is 0.801. The summed E-state index contributed by atoms with van der Waals surface area (Å²) in [6.45, 7) is 2.88. The van der Waals surface area contributed by atoms with Crippen molar-refractivity contribution in [3.05, 3.63) is 28.7 Å². The number of benzene rings is 1. The lowest BCUT2D eigenvalue weighted by Crippen LogP contribution is -2.11. The summed E-state index contributed by atoms with van der Waals surface area (Å²) in [7, 11) is 3.20. The normalized spacial score (nSPS) is 11.9. The predicted molar refractivity (Wildman–Crippen MR) is 83.0 cm³/mol. The van der Waals surface area contributed by atoms with Crippen LogP contribution >= 0.6 is 11.3 Å². The molecule has 0 bridgehead atoms. The van der Waals surface area contributed by atoms with Gasteiger partial charge in [0, 0.05) is 36.2 Å². The van der Waals surface area contributed by atoms with E-state index in [1.807, 2.05) is 17.6 Å². The lowest BCUT2D eigenvalue weighted by molar-refractivity contribution is 0.355. The van der Waals surface area contributed by atoms with E-state index in [0.29, 0.717) is 23.1 Å². The fourth-order valence-corrected chi connectivity index (χ4v) is 2.57. The number of nitrogens with one attached hydrogen (secondary N) is 1. The zero-order chi connectivity index (χ0) is 14.5. The van der Waals surface area contributed by atoms with Crippen molar-refractivity contribution >= 4 is 22.7 Å². The first-order chi connectivity index (χ1) is 9.65. The third kappa shape index (κ3) is 3.14. The highest BCUT2D eigenvalue weighted by Gasteiger charge is 2.12. The maximum Gasteiger partial charge on any atom is 0.162 e. The van der Waals surface area contributed by atoms with Gasteiger partial charge in [-0.2, -0.15) is 0 Å². The van der Waals surface area contributed by atoms with Crippen LogP contribution < -0.4 is 20.5 Å². The van der Waals surface area contributed by atoms with Crippen molar-refractivity contribution in [1.29, 1.82) is 0 Å². The first-order valence-corrected chi connectivity index (χ1v) is 7.18. The molecule has 20 heavy (non-hydrogen) atoms. The number of anilines is 2. The standard InChI is InChI=1S/C14H19N3O2S/c1-9(14-16-4-5-20-14)8-17-11-7-13(19-3)12(18-2)6-10(11)15/h4-7,9,17H,8,15H2,1-3H3. The fraction of sp³-hybridized carbons (Fsp3) is 0.357. The number of nitrogens with zero attached hydrogens (tertiary/aromatic N) is 1. The number of methoxy groups -OCH3 is 2. The van der Waals surface area contributed by atoms with Gasteiger partial charge in [0.2, 0.25) is 0 Å². The minimum absolute atomic E-state index is 0.322. The van der Waals surface area contributed by atoms with Crippen LogP contribution in [-0.4, -0.2) is 25.7 Å². The molecule has 108 valence electrons. The van der Waals surface area contributed by atoms with Gasteiger partial charge in [0.25, 0.3) is 0 Å². The minimum Gasteiger partial charge on any atom is -0.493 e. The summed E-state index contributed by atoms with van der Waals surface area (Å²) < 4.78 is 10.5. The molecule has 2 rings (SSSR count). The van der Waals surface area contributed by atoms with Gasteiger partial charge in [-0.05, 0) is 0 Å². The Morgan fingerprint density at radius 3 is 2.60 bits per heavy atom. The Balaban J connectivity index is 2.09. The Kier molecular flexibility index (Phi) is 4.68. The maximum absolute atomic E-state index is 6.01. The highest BCUT2D eigenvalue weighted by Crippen LogP contribution is 2.35. The van der Waals surface area contributed by atoms with E-state index in [-0.39, 0.29) is 0 Å². The first kappa shape index (κ1) is 14.5. The highest BCUT2D eigenvalue weighted by molar-refractivity contribution is 7.09. The van der Waals surface area contributed by atoms with Crippen molar-refractivity contribution in [1.82, 2.24) is 4.98 Å². The van der Waals surface area contributed by atoms with E-state index in [0.717, 1.165) is 17.2 Å². The average Bonchev–Trinajstić information content (AvgIpc) is 2.99. The third-order valence-electron chi connectivity index (χ3n) is 3.03. The van der Waals surface area contributed by atoms with Crippen LogP contribution in [-0.2, 0) is 0 Å². The van der Waals surface area contributed by atoms with Crippen LogP contribution in [0.25, 0.3) is 0 Å². The van der Waals surface area contributed by atoms with E-state index in [1.54, 1.807) is 31.6 Å².